The van der Waals surface area contributed by atoms with Gasteiger partial charge in [-0.1, -0.05) is 61.5 Å². The molecule has 0 bridgehead atoms. The molecule has 0 saturated heterocycles. The number of nitrogens with one attached hydrogen (secondary N) is 1. The topological polar surface area (TPSA) is 105 Å². The van der Waals surface area contributed by atoms with Crippen LogP contribution < -0.4 is 5.32 Å². The summed E-state index contributed by atoms with van der Waals surface area (Å²) in [5, 5.41) is 6.73. The summed E-state index contributed by atoms with van der Waals surface area (Å²) in [6.45, 7) is 3.51. The molecule has 3 aromatic carbocycles. The number of aromatic nitrogens is 2. The number of nitrogens with zero attached hydrogens (tertiary/aromatic N) is 3. The van der Waals surface area contributed by atoms with E-state index in [9.17, 15) is 17.6 Å². The first kappa shape index (κ1) is 26.2. The van der Waals surface area contributed by atoms with Crippen LogP contribution in [0.1, 0.15) is 42.6 Å². The van der Waals surface area contributed by atoms with E-state index in [1.165, 1.54) is 12.1 Å². The monoisotopic (exact) mass is 522 g/mol. The molecule has 0 aliphatic carbocycles. The summed E-state index contributed by atoms with van der Waals surface area (Å²) in [7, 11) is -4.07. The molecule has 0 atom stereocenters. The second kappa shape index (κ2) is 11.4. The first-order valence-electron chi connectivity index (χ1n) is 11.7. The third-order valence-corrected chi connectivity index (χ3v) is 7.36. The summed E-state index contributed by atoms with van der Waals surface area (Å²) < 4.78 is 46.3. The first-order chi connectivity index (χ1) is 17.7. The summed E-state index contributed by atoms with van der Waals surface area (Å²) in [6, 6.07) is 20.6. The summed E-state index contributed by atoms with van der Waals surface area (Å²) in [5.41, 5.74) is 2.16. The predicted molar refractivity (Wildman–Crippen MR) is 137 cm³/mol. The van der Waals surface area contributed by atoms with Gasteiger partial charge in [0.15, 0.2) is 5.82 Å². The van der Waals surface area contributed by atoms with Crippen molar-refractivity contribution in [2.75, 3.05) is 11.9 Å². The quantitative estimate of drug-likeness (QED) is 0.322. The van der Waals surface area contributed by atoms with Crippen LogP contribution in [0.25, 0.3) is 0 Å². The second-order valence-electron chi connectivity index (χ2n) is 8.84. The maximum Gasteiger partial charge on any atom is 0.243 e. The van der Waals surface area contributed by atoms with Crippen LogP contribution in [0.3, 0.4) is 0 Å². The Bertz CT molecular complexity index is 1440. The number of carbonyl (C=O) groups is 1. The van der Waals surface area contributed by atoms with Gasteiger partial charge in [-0.2, -0.15) is 9.29 Å². The molecule has 4 rings (SSSR count). The van der Waals surface area contributed by atoms with E-state index in [0.717, 1.165) is 22.0 Å². The molecule has 0 aliphatic heterocycles. The Morgan fingerprint density at radius 3 is 2.27 bits per heavy atom. The van der Waals surface area contributed by atoms with Gasteiger partial charge in [0.2, 0.25) is 21.8 Å². The minimum Gasteiger partial charge on any atom is -0.339 e. The van der Waals surface area contributed by atoms with Crippen molar-refractivity contribution in [3.8, 4) is 0 Å². The highest BCUT2D eigenvalue weighted by Gasteiger charge is 2.27. The second-order valence-corrected chi connectivity index (χ2v) is 10.8. The molecule has 192 valence electrons. The molecule has 0 saturated carbocycles. The molecule has 0 spiro atoms. The van der Waals surface area contributed by atoms with Gasteiger partial charge < -0.3 is 9.84 Å². The van der Waals surface area contributed by atoms with Gasteiger partial charge in [-0.3, -0.25) is 4.79 Å². The van der Waals surface area contributed by atoms with Gasteiger partial charge in [0, 0.05) is 24.6 Å². The van der Waals surface area contributed by atoms with Gasteiger partial charge in [0.25, 0.3) is 0 Å². The molecule has 0 fully saturated rings. The van der Waals surface area contributed by atoms with E-state index in [1.54, 1.807) is 36.4 Å². The van der Waals surface area contributed by atoms with Crippen LogP contribution in [-0.2, 0) is 27.8 Å². The van der Waals surface area contributed by atoms with E-state index in [4.69, 9.17) is 4.52 Å². The maximum absolute atomic E-state index is 13.4. The summed E-state index contributed by atoms with van der Waals surface area (Å²) in [4.78, 5) is 17.1. The van der Waals surface area contributed by atoms with Crippen molar-refractivity contribution in [3.05, 3.63) is 108 Å². The number of benzene rings is 3. The van der Waals surface area contributed by atoms with Gasteiger partial charge in [-0.05, 0) is 47.5 Å². The average molecular weight is 523 g/mol. The molecule has 37 heavy (non-hydrogen) atoms. The summed E-state index contributed by atoms with van der Waals surface area (Å²) in [5.74, 6) is 0.244. The minimum absolute atomic E-state index is 0.0179. The Morgan fingerprint density at radius 1 is 0.973 bits per heavy atom. The molecular weight excluding hydrogens is 495 g/mol. The Kier molecular flexibility index (Phi) is 8.10. The number of anilines is 1. The molecule has 0 radical (unpaired) electrons. The van der Waals surface area contributed by atoms with Crippen molar-refractivity contribution < 1.29 is 22.1 Å². The highest BCUT2D eigenvalue weighted by Crippen LogP contribution is 2.20. The van der Waals surface area contributed by atoms with Crippen LogP contribution in [0.15, 0.2) is 88.3 Å². The Balaban J connectivity index is 1.46. The zero-order valence-corrected chi connectivity index (χ0v) is 21.3. The zero-order chi connectivity index (χ0) is 26.4. The largest absolute Gasteiger partial charge is 0.339 e. The Hall–Kier alpha value is -3.89. The zero-order valence-electron chi connectivity index (χ0n) is 20.5. The molecule has 0 aliphatic rings. The predicted octanol–water partition coefficient (Wildman–Crippen LogP) is 4.75. The van der Waals surface area contributed by atoms with Crippen LogP contribution in [0.2, 0.25) is 0 Å². The lowest BCUT2D eigenvalue weighted by Gasteiger charge is -2.22. The van der Waals surface area contributed by atoms with Crippen LogP contribution in [0.4, 0.5) is 10.1 Å². The Labute approximate surface area is 215 Å². The van der Waals surface area contributed by atoms with Crippen LogP contribution in [-0.4, -0.2) is 35.3 Å². The van der Waals surface area contributed by atoms with Gasteiger partial charge in [-0.15, -0.1) is 0 Å². The molecule has 1 heterocycles. The molecule has 0 unspecified atom stereocenters. The van der Waals surface area contributed by atoms with Crippen LogP contribution in [0.5, 0.6) is 0 Å². The number of amides is 1. The van der Waals surface area contributed by atoms with Crippen molar-refractivity contribution in [1.82, 2.24) is 14.4 Å². The lowest BCUT2D eigenvalue weighted by Crippen LogP contribution is -2.37. The van der Waals surface area contributed by atoms with E-state index in [-0.39, 0.29) is 17.4 Å². The van der Waals surface area contributed by atoms with Gasteiger partial charge in [-0.25, -0.2) is 12.8 Å². The minimum atomic E-state index is -4.07. The fraction of sp³-hybridized carbons (Fsp3) is 0.222. The average Bonchev–Trinajstić information content (AvgIpc) is 3.35. The molecule has 1 aromatic heterocycles. The van der Waals surface area contributed by atoms with Crippen molar-refractivity contribution in [2.24, 2.45) is 0 Å². The smallest absolute Gasteiger partial charge is 0.243 e. The number of hydrogen-bond acceptors (Lipinski definition) is 6. The van der Waals surface area contributed by atoms with Crippen molar-refractivity contribution in [2.45, 2.75) is 37.6 Å². The number of rotatable bonds is 10. The number of carbonyl (C=O) groups excluding carboxylic acids is 1. The Morgan fingerprint density at radius 2 is 1.65 bits per heavy atom. The molecule has 1 amide bonds. The third-order valence-electron chi connectivity index (χ3n) is 5.55. The van der Waals surface area contributed by atoms with E-state index < -0.39 is 28.3 Å². The standard InChI is InChI=1S/C27H27FN4O4S/c1-19(2)27-30-25(31-36-27)16-20-8-12-23(13-9-20)29-26(33)18-32(17-21-6-4-3-5-7-21)37(34,35)24-14-10-22(28)11-15-24/h3-15,19H,16-18H2,1-2H3,(H,29,33). The van der Waals surface area contributed by atoms with Gasteiger partial charge in [0.05, 0.1) is 11.4 Å². The molecule has 10 heteroatoms. The van der Waals surface area contributed by atoms with E-state index in [1.807, 2.05) is 32.0 Å². The SMILES string of the molecule is CC(C)c1nc(Cc2ccc(NC(=O)CN(Cc3ccccc3)S(=O)(=O)c3ccc(F)cc3)cc2)no1. The normalized spacial score (nSPS) is 11.7. The number of halogens is 1. The van der Waals surface area contributed by atoms with Crippen LogP contribution in [0, 0.1) is 5.82 Å². The third kappa shape index (κ3) is 6.87. The molecule has 8 nitrogen and oxygen atoms in total. The van der Waals surface area contributed by atoms with Crippen LogP contribution >= 0.6 is 0 Å². The summed E-state index contributed by atoms with van der Waals surface area (Å²) in [6.07, 6.45) is 0.477. The number of sulfonamides is 1. The fourth-order valence-electron chi connectivity index (χ4n) is 3.59. The van der Waals surface area contributed by atoms with E-state index >= 15 is 0 Å². The first-order valence-corrected chi connectivity index (χ1v) is 13.2. The summed E-state index contributed by atoms with van der Waals surface area (Å²) >= 11 is 0. The number of hydrogen-bond donors (Lipinski definition) is 1. The molecular formula is C27H27FN4O4S. The lowest BCUT2D eigenvalue weighted by atomic mass is 10.1. The van der Waals surface area contributed by atoms with E-state index in [0.29, 0.717) is 29.4 Å². The van der Waals surface area contributed by atoms with Crippen molar-refractivity contribution in [1.29, 1.82) is 0 Å². The van der Waals surface area contributed by atoms with E-state index in [2.05, 4.69) is 15.5 Å². The molecule has 1 N–H and O–H groups in total. The van der Waals surface area contributed by atoms with Crippen molar-refractivity contribution in [3.63, 3.8) is 0 Å². The van der Waals surface area contributed by atoms with Crippen molar-refractivity contribution >= 4 is 21.6 Å². The van der Waals surface area contributed by atoms with Gasteiger partial charge in [0.1, 0.15) is 5.82 Å². The van der Waals surface area contributed by atoms with Gasteiger partial charge >= 0.3 is 0 Å². The fourth-order valence-corrected chi connectivity index (χ4v) is 4.98. The maximum atomic E-state index is 13.4. The lowest BCUT2D eigenvalue weighted by molar-refractivity contribution is -0.116. The highest BCUT2D eigenvalue weighted by atomic mass is 32.2. The molecule has 4 aromatic rings. The highest BCUT2D eigenvalue weighted by molar-refractivity contribution is 7.89.